The molecule has 0 heterocycles. The van der Waals surface area contributed by atoms with Crippen LogP contribution in [0.5, 0.6) is 0 Å². The molecular weight excluding hydrogens is 348 g/mol. The Kier molecular flexibility index (Phi) is 6.58. The summed E-state index contributed by atoms with van der Waals surface area (Å²) in [7, 11) is -3.70. The van der Waals surface area contributed by atoms with Gasteiger partial charge in [-0.1, -0.05) is 45.0 Å². The van der Waals surface area contributed by atoms with Gasteiger partial charge < -0.3 is 5.32 Å². The van der Waals surface area contributed by atoms with Gasteiger partial charge in [0.15, 0.2) is 0 Å². The summed E-state index contributed by atoms with van der Waals surface area (Å²) in [4.78, 5) is 11.6. The molecule has 6 heteroatoms. The van der Waals surface area contributed by atoms with Crippen molar-refractivity contribution < 1.29 is 13.2 Å². The van der Waals surface area contributed by atoms with E-state index in [1.54, 1.807) is 36.4 Å². The molecule has 0 spiro atoms. The molecule has 0 aliphatic rings. The third-order valence-electron chi connectivity index (χ3n) is 4.05. The molecule has 0 aliphatic heterocycles. The summed E-state index contributed by atoms with van der Waals surface area (Å²) < 4.78 is 27.7. The minimum atomic E-state index is -3.70. The number of rotatable bonds is 8. The quantitative estimate of drug-likeness (QED) is 0.669. The van der Waals surface area contributed by atoms with Crippen LogP contribution in [0, 0.1) is 0 Å². The lowest BCUT2D eigenvalue weighted by molar-refractivity contribution is -0.111. The summed E-state index contributed by atoms with van der Waals surface area (Å²) in [6, 6.07) is 13.5. The Labute approximate surface area is 155 Å². The molecule has 1 atom stereocenters. The van der Waals surface area contributed by atoms with E-state index in [0.717, 1.165) is 24.5 Å². The van der Waals surface area contributed by atoms with E-state index in [9.17, 15) is 13.2 Å². The smallest absolute Gasteiger partial charge is 0.261 e. The van der Waals surface area contributed by atoms with Crippen LogP contribution in [0.15, 0.2) is 66.1 Å². The molecule has 5 nitrogen and oxygen atoms in total. The van der Waals surface area contributed by atoms with Crippen molar-refractivity contribution in [2.45, 2.75) is 37.5 Å². The van der Waals surface area contributed by atoms with Crippen molar-refractivity contribution in [3.8, 4) is 0 Å². The van der Waals surface area contributed by atoms with E-state index in [2.05, 4.69) is 30.5 Å². The van der Waals surface area contributed by atoms with Crippen LogP contribution in [0.4, 0.5) is 11.4 Å². The van der Waals surface area contributed by atoms with E-state index in [-0.39, 0.29) is 10.8 Å². The Morgan fingerprint density at radius 1 is 1.15 bits per heavy atom. The monoisotopic (exact) mass is 372 g/mol. The highest BCUT2D eigenvalue weighted by molar-refractivity contribution is 7.92. The summed E-state index contributed by atoms with van der Waals surface area (Å²) in [5.74, 6) is 0.0386. The molecule has 0 saturated carbocycles. The van der Waals surface area contributed by atoms with E-state index in [1.165, 1.54) is 0 Å². The van der Waals surface area contributed by atoms with Crippen LogP contribution in [-0.4, -0.2) is 14.3 Å². The molecule has 1 unspecified atom stereocenters. The Bertz CT molecular complexity index is 874. The predicted octanol–water partition coefficient (Wildman–Crippen LogP) is 4.52. The van der Waals surface area contributed by atoms with Gasteiger partial charge in [0.2, 0.25) is 5.91 Å². The van der Waals surface area contributed by atoms with Gasteiger partial charge >= 0.3 is 0 Å². The van der Waals surface area contributed by atoms with E-state index in [0.29, 0.717) is 17.3 Å². The third kappa shape index (κ3) is 5.20. The van der Waals surface area contributed by atoms with Crippen LogP contribution in [0.3, 0.4) is 0 Å². The first-order valence-corrected chi connectivity index (χ1v) is 10.00. The molecule has 2 aromatic carbocycles. The SMILES string of the molecule is C=CC(=O)Nc1cccc(NS(=O)(=O)c2ccc(C(C)CCC)cc2)c1. The lowest BCUT2D eigenvalue weighted by Gasteiger charge is -2.13. The first kappa shape index (κ1) is 19.7. The summed E-state index contributed by atoms with van der Waals surface area (Å²) in [5.41, 5.74) is 1.98. The number of hydrogen-bond acceptors (Lipinski definition) is 3. The molecule has 0 bridgehead atoms. The van der Waals surface area contributed by atoms with Gasteiger partial charge in [0.25, 0.3) is 10.0 Å². The second-order valence-electron chi connectivity index (χ2n) is 6.14. The Balaban J connectivity index is 2.17. The highest BCUT2D eigenvalue weighted by atomic mass is 32.2. The summed E-state index contributed by atoms with van der Waals surface area (Å²) in [6.07, 6.45) is 3.30. The van der Waals surface area contributed by atoms with E-state index < -0.39 is 10.0 Å². The molecule has 26 heavy (non-hydrogen) atoms. The van der Waals surface area contributed by atoms with Crippen LogP contribution < -0.4 is 10.0 Å². The van der Waals surface area contributed by atoms with Crippen molar-refractivity contribution in [1.29, 1.82) is 0 Å². The highest BCUT2D eigenvalue weighted by Crippen LogP contribution is 2.24. The molecule has 0 fully saturated rings. The van der Waals surface area contributed by atoms with Crippen LogP contribution in [-0.2, 0) is 14.8 Å². The Morgan fingerprint density at radius 3 is 2.42 bits per heavy atom. The molecular formula is C20H24N2O3S. The van der Waals surface area contributed by atoms with Crippen LogP contribution >= 0.6 is 0 Å². The average molecular weight is 372 g/mol. The second kappa shape index (κ2) is 8.67. The van der Waals surface area contributed by atoms with Gasteiger partial charge in [-0.3, -0.25) is 9.52 Å². The van der Waals surface area contributed by atoms with Crippen LogP contribution in [0.25, 0.3) is 0 Å². The first-order chi connectivity index (χ1) is 12.4. The lowest BCUT2D eigenvalue weighted by Crippen LogP contribution is -2.13. The molecule has 138 valence electrons. The fraction of sp³-hybridized carbons (Fsp3) is 0.250. The van der Waals surface area contributed by atoms with Crippen molar-refractivity contribution in [1.82, 2.24) is 0 Å². The summed E-state index contributed by atoms with van der Waals surface area (Å²) in [5, 5.41) is 2.60. The van der Waals surface area contributed by atoms with E-state index in [4.69, 9.17) is 0 Å². The van der Waals surface area contributed by atoms with Crippen molar-refractivity contribution in [2.75, 3.05) is 10.0 Å². The largest absolute Gasteiger partial charge is 0.322 e. The number of sulfonamides is 1. The molecule has 1 amide bonds. The standard InChI is InChI=1S/C20H24N2O3S/c1-4-7-15(3)16-10-12-19(13-11-16)26(24,25)22-18-9-6-8-17(14-18)21-20(23)5-2/h5-6,8-15,22H,2,4,7H2,1,3H3,(H,21,23). The Morgan fingerprint density at radius 2 is 1.81 bits per heavy atom. The predicted molar refractivity (Wildman–Crippen MR) is 106 cm³/mol. The van der Waals surface area contributed by atoms with Gasteiger partial charge in [0.05, 0.1) is 10.6 Å². The van der Waals surface area contributed by atoms with Gasteiger partial charge in [0.1, 0.15) is 0 Å². The molecule has 0 saturated heterocycles. The minimum absolute atomic E-state index is 0.200. The topological polar surface area (TPSA) is 75.3 Å². The first-order valence-electron chi connectivity index (χ1n) is 8.52. The minimum Gasteiger partial charge on any atom is -0.322 e. The van der Waals surface area contributed by atoms with Crippen molar-refractivity contribution in [2.24, 2.45) is 0 Å². The van der Waals surface area contributed by atoms with Gasteiger partial charge in [-0.25, -0.2) is 8.42 Å². The lowest BCUT2D eigenvalue weighted by atomic mass is 9.97. The number of nitrogens with one attached hydrogen (secondary N) is 2. The maximum absolute atomic E-state index is 12.6. The maximum atomic E-state index is 12.6. The number of anilines is 2. The normalized spacial score (nSPS) is 12.2. The van der Waals surface area contributed by atoms with E-state index >= 15 is 0 Å². The van der Waals surface area contributed by atoms with Crippen molar-refractivity contribution in [3.63, 3.8) is 0 Å². The van der Waals surface area contributed by atoms with Crippen molar-refractivity contribution >= 4 is 27.3 Å². The fourth-order valence-electron chi connectivity index (χ4n) is 2.64. The van der Waals surface area contributed by atoms with Gasteiger partial charge in [0, 0.05) is 5.69 Å². The maximum Gasteiger partial charge on any atom is 0.261 e. The molecule has 0 radical (unpaired) electrons. The zero-order valence-corrected chi connectivity index (χ0v) is 15.8. The van der Waals surface area contributed by atoms with Crippen molar-refractivity contribution in [3.05, 3.63) is 66.7 Å². The number of benzene rings is 2. The number of carbonyl (C=O) groups excluding carboxylic acids is 1. The summed E-state index contributed by atoms with van der Waals surface area (Å²) >= 11 is 0. The zero-order valence-electron chi connectivity index (χ0n) is 15.0. The Hall–Kier alpha value is -2.60. The van der Waals surface area contributed by atoms with Gasteiger partial charge in [-0.05, 0) is 54.3 Å². The number of amides is 1. The zero-order chi connectivity index (χ0) is 19.2. The van der Waals surface area contributed by atoms with Gasteiger partial charge in [-0.2, -0.15) is 0 Å². The highest BCUT2D eigenvalue weighted by Gasteiger charge is 2.15. The molecule has 0 aromatic heterocycles. The fourth-order valence-corrected chi connectivity index (χ4v) is 3.69. The van der Waals surface area contributed by atoms with Crippen LogP contribution in [0.1, 0.15) is 38.2 Å². The molecule has 0 aliphatic carbocycles. The average Bonchev–Trinajstić information content (AvgIpc) is 2.62. The van der Waals surface area contributed by atoms with E-state index in [1.807, 2.05) is 12.1 Å². The molecule has 2 N–H and O–H groups in total. The number of hydrogen-bond donors (Lipinski definition) is 2. The third-order valence-corrected chi connectivity index (χ3v) is 5.45. The second-order valence-corrected chi connectivity index (χ2v) is 7.82. The molecule has 2 aromatic rings. The van der Waals surface area contributed by atoms with Crippen LogP contribution in [0.2, 0.25) is 0 Å². The molecule has 2 rings (SSSR count). The van der Waals surface area contributed by atoms with Gasteiger partial charge in [-0.15, -0.1) is 0 Å². The summed E-state index contributed by atoms with van der Waals surface area (Å²) in [6.45, 7) is 7.65. The number of carbonyl (C=O) groups is 1.